The third-order valence-corrected chi connectivity index (χ3v) is 5.15. The fourth-order valence-electron chi connectivity index (χ4n) is 3.65. The second kappa shape index (κ2) is 8.31. The summed E-state index contributed by atoms with van der Waals surface area (Å²) in [5.74, 6) is -0.672. The number of anilines is 1. The molecule has 1 aromatic carbocycles. The minimum Gasteiger partial charge on any atom is -0.355 e. The highest BCUT2D eigenvalue weighted by atomic mass is 16.2. The zero-order valence-corrected chi connectivity index (χ0v) is 15.1. The van der Waals surface area contributed by atoms with E-state index in [-0.39, 0.29) is 30.6 Å². The van der Waals surface area contributed by atoms with Crippen molar-refractivity contribution in [3.63, 3.8) is 0 Å². The lowest BCUT2D eigenvalue weighted by Gasteiger charge is -2.23. The molecule has 0 unspecified atom stereocenters. The van der Waals surface area contributed by atoms with Crippen LogP contribution in [0.5, 0.6) is 0 Å². The number of nitrogens with one attached hydrogen (secondary N) is 3. The average Bonchev–Trinajstić information content (AvgIpc) is 3.06. The van der Waals surface area contributed by atoms with Gasteiger partial charge in [-0.1, -0.05) is 19.1 Å². The van der Waals surface area contributed by atoms with Crippen molar-refractivity contribution in [2.24, 2.45) is 0 Å². The van der Waals surface area contributed by atoms with Gasteiger partial charge >= 0.3 is 0 Å². The molecule has 2 aliphatic heterocycles. The fourth-order valence-corrected chi connectivity index (χ4v) is 3.65. The molecule has 0 spiro atoms. The molecule has 0 radical (unpaired) electrons. The number of amides is 3. The first-order chi connectivity index (χ1) is 12.6. The quantitative estimate of drug-likeness (QED) is 0.711. The van der Waals surface area contributed by atoms with Crippen LogP contribution in [0.4, 0.5) is 5.69 Å². The summed E-state index contributed by atoms with van der Waals surface area (Å²) in [4.78, 5) is 39.1. The van der Waals surface area contributed by atoms with E-state index in [1.807, 2.05) is 0 Å². The lowest BCUT2D eigenvalue weighted by atomic mass is 10.1. The lowest BCUT2D eigenvalue weighted by Crippen LogP contribution is -2.43. The van der Waals surface area contributed by atoms with Crippen molar-refractivity contribution in [3.8, 4) is 0 Å². The Hall–Kier alpha value is -2.41. The van der Waals surface area contributed by atoms with Gasteiger partial charge in [0.2, 0.25) is 11.8 Å². The number of benzene rings is 1. The SMILES string of the molecule is CCN1CCC[C@H]1CNC(=O)CC[C@H]1NC(=O)c2ccccc2NC1=O. The Kier molecular flexibility index (Phi) is 5.88. The van der Waals surface area contributed by atoms with Gasteiger partial charge in [0.05, 0.1) is 11.3 Å². The van der Waals surface area contributed by atoms with Crippen LogP contribution >= 0.6 is 0 Å². The Balaban J connectivity index is 1.49. The molecular formula is C19H26N4O3. The van der Waals surface area contributed by atoms with E-state index in [4.69, 9.17) is 0 Å². The summed E-state index contributed by atoms with van der Waals surface area (Å²) in [7, 11) is 0. The molecule has 1 fully saturated rings. The van der Waals surface area contributed by atoms with Gasteiger partial charge in [-0.2, -0.15) is 0 Å². The van der Waals surface area contributed by atoms with Crippen molar-refractivity contribution < 1.29 is 14.4 Å². The largest absolute Gasteiger partial charge is 0.355 e. The summed E-state index contributed by atoms with van der Waals surface area (Å²) in [6.45, 7) is 4.86. The average molecular weight is 358 g/mol. The van der Waals surface area contributed by atoms with E-state index in [0.29, 0.717) is 23.8 Å². The number of likely N-dealkylation sites (N-methyl/N-ethyl adjacent to an activating group) is 1. The Morgan fingerprint density at radius 1 is 1.31 bits per heavy atom. The molecule has 7 heteroatoms. The number of carbonyl (C=O) groups is 3. The van der Waals surface area contributed by atoms with Gasteiger partial charge < -0.3 is 16.0 Å². The van der Waals surface area contributed by atoms with Crippen LogP contribution in [0.2, 0.25) is 0 Å². The smallest absolute Gasteiger partial charge is 0.254 e. The fraction of sp³-hybridized carbons (Fsp3) is 0.526. The van der Waals surface area contributed by atoms with Crippen LogP contribution in [0, 0.1) is 0 Å². The van der Waals surface area contributed by atoms with Crippen molar-refractivity contribution in [2.45, 2.75) is 44.7 Å². The van der Waals surface area contributed by atoms with Gasteiger partial charge in [0.15, 0.2) is 0 Å². The van der Waals surface area contributed by atoms with Gasteiger partial charge in [0, 0.05) is 19.0 Å². The maximum atomic E-state index is 12.3. The summed E-state index contributed by atoms with van der Waals surface area (Å²) in [6.07, 6.45) is 2.75. The number of carbonyl (C=O) groups excluding carboxylic acids is 3. The second-order valence-corrected chi connectivity index (χ2v) is 6.83. The summed E-state index contributed by atoms with van der Waals surface area (Å²) >= 11 is 0. The number of nitrogens with zero attached hydrogens (tertiary/aromatic N) is 1. The van der Waals surface area contributed by atoms with E-state index in [9.17, 15) is 14.4 Å². The molecule has 1 aromatic rings. The molecule has 3 N–H and O–H groups in total. The molecule has 2 heterocycles. The van der Waals surface area contributed by atoms with E-state index in [2.05, 4.69) is 27.8 Å². The highest BCUT2D eigenvalue weighted by Gasteiger charge is 2.28. The molecule has 0 bridgehead atoms. The topological polar surface area (TPSA) is 90.5 Å². The van der Waals surface area contributed by atoms with Crippen molar-refractivity contribution >= 4 is 23.4 Å². The molecular weight excluding hydrogens is 332 g/mol. The first-order valence-corrected chi connectivity index (χ1v) is 9.30. The summed E-state index contributed by atoms with van der Waals surface area (Å²) in [5, 5.41) is 8.43. The Bertz CT molecular complexity index is 691. The Labute approximate surface area is 153 Å². The molecule has 0 aliphatic carbocycles. The van der Waals surface area contributed by atoms with Crippen LogP contribution in [-0.4, -0.2) is 54.3 Å². The number of fused-ring (bicyclic) bond motifs is 1. The number of rotatable bonds is 6. The number of likely N-dealkylation sites (tertiary alicyclic amines) is 1. The highest BCUT2D eigenvalue weighted by Crippen LogP contribution is 2.19. The molecule has 1 saturated heterocycles. The number of hydrogen-bond donors (Lipinski definition) is 3. The third kappa shape index (κ3) is 4.22. The zero-order valence-electron chi connectivity index (χ0n) is 15.1. The maximum absolute atomic E-state index is 12.3. The molecule has 0 aromatic heterocycles. The van der Waals surface area contributed by atoms with Crippen molar-refractivity contribution in [2.75, 3.05) is 25.0 Å². The number of para-hydroxylation sites is 1. The predicted molar refractivity (Wildman–Crippen MR) is 98.8 cm³/mol. The van der Waals surface area contributed by atoms with Crippen molar-refractivity contribution in [1.82, 2.24) is 15.5 Å². The van der Waals surface area contributed by atoms with Gasteiger partial charge in [-0.25, -0.2) is 0 Å². The third-order valence-electron chi connectivity index (χ3n) is 5.15. The van der Waals surface area contributed by atoms with E-state index in [1.54, 1.807) is 24.3 Å². The van der Waals surface area contributed by atoms with E-state index in [1.165, 1.54) is 6.42 Å². The molecule has 140 valence electrons. The lowest BCUT2D eigenvalue weighted by molar-refractivity contribution is -0.122. The number of hydrogen-bond acceptors (Lipinski definition) is 4. The van der Waals surface area contributed by atoms with E-state index in [0.717, 1.165) is 19.5 Å². The highest BCUT2D eigenvalue weighted by molar-refractivity contribution is 6.09. The van der Waals surface area contributed by atoms with Crippen LogP contribution < -0.4 is 16.0 Å². The summed E-state index contributed by atoms with van der Waals surface area (Å²) in [6, 6.07) is 6.58. The van der Waals surface area contributed by atoms with Gasteiger partial charge in [0.25, 0.3) is 5.91 Å². The molecule has 2 atom stereocenters. The van der Waals surface area contributed by atoms with Gasteiger partial charge in [-0.3, -0.25) is 19.3 Å². The first-order valence-electron chi connectivity index (χ1n) is 9.30. The Morgan fingerprint density at radius 3 is 2.92 bits per heavy atom. The molecule has 2 aliphatic rings. The van der Waals surface area contributed by atoms with Crippen molar-refractivity contribution in [1.29, 1.82) is 0 Å². The molecule has 3 amide bonds. The minimum absolute atomic E-state index is 0.0863. The van der Waals surface area contributed by atoms with Crippen LogP contribution in [-0.2, 0) is 9.59 Å². The van der Waals surface area contributed by atoms with Crippen LogP contribution in [0.15, 0.2) is 24.3 Å². The summed E-state index contributed by atoms with van der Waals surface area (Å²) < 4.78 is 0. The normalized spacial score (nSPS) is 23.0. The molecule has 0 saturated carbocycles. The predicted octanol–water partition coefficient (Wildman–Crippen LogP) is 1.12. The standard InChI is InChI=1S/C19H26N4O3/c1-2-23-11-5-6-13(23)12-20-17(24)10-9-16-19(26)21-15-8-4-3-7-14(15)18(25)22-16/h3-4,7-8,13,16H,2,5-6,9-12H2,1H3,(H,20,24)(H,21,26)(H,22,25)/t13-,16+/m0/s1. The Morgan fingerprint density at radius 2 is 2.12 bits per heavy atom. The van der Waals surface area contributed by atoms with Crippen LogP contribution in [0.1, 0.15) is 43.0 Å². The maximum Gasteiger partial charge on any atom is 0.254 e. The molecule has 26 heavy (non-hydrogen) atoms. The van der Waals surface area contributed by atoms with Gasteiger partial charge in [0.1, 0.15) is 6.04 Å². The first kappa shape index (κ1) is 18.4. The second-order valence-electron chi connectivity index (χ2n) is 6.83. The van der Waals surface area contributed by atoms with Crippen LogP contribution in [0.25, 0.3) is 0 Å². The summed E-state index contributed by atoms with van der Waals surface area (Å²) in [5.41, 5.74) is 0.941. The zero-order chi connectivity index (χ0) is 18.5. The monoisotopic (exact) mass is 358 g/mol. The molecule has 3 rings (SSSR count). The van der Waals surface area contributed by atoms with Gasteiger partial charge in [-0.05, 0) is 44.5 Å². The van der Waals surface area contributed by atoms with Crippen LogP contribution in [0.3, 0.4) is 0 Å². The van der Waals surface area contributed by atoms with Gasteiger partial charge in [-0.15, -0.1) is 0 Å². The van der Waals surface area contributed by atoms with Crippen molar-refractivity contribution in [3.05, 3.63) is 29.8 Å². The van der Waals surface area contributed by atoms with E-state index >= 15 is 0 Å². The minimum atomic E-state index is -0.709. The molecule has 7 nitrogen and oxygen atoms in total. The van der Waals surface area contributed by atoms with E-state index < -0.39 is 6.04 Å².